The Labute approximate surface area is 154 Å². The second-order valence-corrected chi connectivity index (χ2v) is 7.58. The van der Waals surface area contributed by atoms with Crippen LogP contribution in [-0.4, -0.2) is 39.8 Å². The second-order valence-electron chi connectivity index (χ2n) is 6.73. The Hall–Kier alpha value is -1.59. The van der Waals surface area contributed by atoms with Crippen molar-refractivity contribution in [1.82, 2.24) is 14.7 Å². The molecule has 25 heavy (non-hydrogen) atoms. The lowest BCUT2D eigenvalue weighted by Gasteiger charge is -2.32. The minimum absolute atomic E-state index is 0.101. The van der Waals surface area contributed by atoms with E-state index >= 15 is 0 Å². The van der Waals surface area contributed by atoms with Gasteiger partial charge in [0.1, 0.15) is 0 Å². The second kappa shape index (κ2) is 8.19. The molecule has 1 aromatic carbocycles. The van der Waals surface area contributed by atoms with E-state index in [1.54, 1.807) is 11.8 Å². The molecule has 0 radical (unpaired) electrons. The van der Waals surface area contributed by atoms with E-state index in [-0.39, 0.29) is 5.92 Å². The molecule has 134 valence electrons. The fourth-order valence-corrected chi connectivity index (χ4v) is 4.20. The lowest BCUT2D eigenvalue weighted by molar-refractivity contribution is 0.0808. The SMILES string of the molecule is CCn1cc(CN2CCCC(C(=O)c3ccccc3SC)C2)c(C)n1. The third kappa shape index (κ3) is 4.15. The lowest BCUT2D eigenvalue weighted by atomic mass is 9.90. The fourth-order valence-electron chi connectivity index (χ4n) is 3.60. The van der Waals surface area contributed by atoms with Gasteiger partial charge in [-0.3, -0.25) is 14.4 Å². The minimum Gasteiger partial charge on any atom is -0.298 e. The number of hydrogen-bond donors (Lipinski definition) is 0. The number of aromatic nitrogens is 2. The Morgan fingerprint density at radius 1 is 1.36 bits per heavy atom. The third-order valence-electron chi connectivity index (χ3n) is 5.01. The first-order chi connectivity index (χ1) is 12.1. The van der Waals surface area contributed by atoms with Gasteiger partial charge in [-0.1, -0.05) is 18.2 Å². The molecule has 2 aromatic rings. The molecule has 1 unspecified atom stereocenters. The predicted molar refractivity (Wildman–Crippen MR) is 103 cm³/mol. The number of Topliss-reactive ketones (excluding diaryl/α,β-unsaturated/α-hetero) is 1. The van der Waals surface area contributed by atoms with Crippen molar-refractivity contribution in [1.29, 1.82) is 0 Å². The van der Waals surface area contributed by atoms with Gasteiger partial charge in [0.25, 0.3) is 0 Å². The number of piperidine rings is 1. The molecule has 0 saturated carbocycles. The molecule has 1 atom stereocenters. The van der Waals surface area contributed by atoms with Crippen LogP contribution in [-0.2, 0) is 13.1 Å². The Kier molecular flexibility index (Phi) is 5.97. The van der Waals surface area contributed by atoms with E-state index in [2.05, 4.69) is 30.0 Å². The average Bonchev–Trinajstić information content (AvgIpc) is 3.01. The van der Waals surface area contributed by atoms with Crippen molar-refractivity contribution >= 4 is 17.5 Å². The zero-order chi connectivity index (χ0) is 17.8. The van der Waals surface area contributed by atoms with Gasteiger partial charge >= 0.3 is 0 Å². The zero-order valence-corrected chi connectivity index (χ0v) is 16.2. The molecule has 0 N–H and O–H groups in total. The Morgan fingerprint density at radius 3 is 2.88 bits per heavy atom. The smallest absolute Gasteiger partial charge is 0.168 e. The summed E-state index contributed by atoms with van der Waals surface area (Å²) in [5, 5.41) is 4.54. The fraction of sp³-hybridized carbons (Fsp3) is 0.500. The molecule has 0 aliphatic carbocycles. The van der Waals surface area contributed by atoms with Crippen molar-refractivity contribution in [2.24, 2.45) is 5.92 Å². The van der Waals surface area contributed by atoms with Crippen LogP contribution >= 0.6 is 11.8 Å². The molecule has 1 aromatic heterocycles. The van der Waals surface area contributed by atoms with Gasteiger partial charge in [-0.15, -0.1) is 11.8 Å². The molecule has 2 heterocycles. The summed E-state index contributed by atoms with van der Waals surface area (Å²) in [5.74, 6) is 0.402. The van der Waals surface area contributed by atoms with Gasteiger partial charge in [-0.05, 0) is 45.6 Å². The monoisotopic (exact) mass is 357 g/mol. The van der Waals surface area contributed by atoms with Crippen molar-refractivity contribution in [3.63, 3.8) is 0 Å². The third-order valence-corrected chi connectivity index (χ3v) is 5.81. The standard InChI is InChI=1S/C20H27N3OS/c1-4-23-14-17(15(2)21-23)13-22-11-7-8-16(12-22)20(24)18-9-5-6-10-19(18)25-3/h5-6,9-10,14,16H,4,7-8,11-13H2,1-3H3. The van der Waals surface area contributed by atoms with E-state index in [9.17, 15) is 4.79 Å². The van der Waals surface area contributed by atoms with Gasteiger partial charge in [0.15, 0.2) is 5.78 Å². The summed E-state index contributed by atoms with van der Waals surface area (Å²) in [6.45, 7) is 7.87. The van der Waals surface area contributed by atoms with Crippen LogP contribution in [0.1, 0.15) is 41.4 Å². The highest BCUT2D eigenvalue weighted by Crippen LogP contribution is 2.27. The van der Waals surface area contributed by atoms with Crippen molar-refractivity contribution in [2.75, 3.05) is 19.3 Å². The van der Waals surface area contributed by atoms with Crippen LogP contribution in [0.2, 0.25) is 0 Å². The molecular weight excluding hydrogens is 330 g/mol. The number of carbonyl (C=O) groups excluding carboxylic acids is 1. The minimum atomic E-state index is 0.101. The summed E-state index contributed by atoms with van der Waals surface area (Å²) >= 11 is 1.65. The number of benzene rings is 1. The first-order valence-electron chi connectivity index (χ1n) is 9.05. The van der Waals surface area contributed by atoms with E-state index in [0.29, 0.717) is 5.78 Å². The molecule has 1 saturated heterocycles. The Balaban J connectivity index is 1.70. The number of thioether (sulfide) groups is 1. The molecule has 5 heteroatoms. The number of ketones is 1. The summed E-state index contributed by atoms with van der Waals surface area (Å²) in [6.07, 6.45) is 6.25. The first-order valence-corrected chi connectivity index (χ1v) is 10.3. The number of carbonyl (C=O) groups is 1. The largest absolute Gasteiger partial charge is 0.298 e. The Bertz CT molecular complexity index is 740. The summed E-state index contributed by atoms with van der Waals surface area (Å²) in [5.41, 5.74) is 3.26. The topological polar surface area (TPSA) is 38.1 Å². The summed E-state index contributed by atoms with van der Waals surface area (Å²) in [7, 11) is 0. The number of likely N-dealkylation sites (tertiary alicyclic amines) is 1. The normalized spacial score (nSPS) is 18.4. The maximum Gasteiger partial charge on any atom is 0.168 e. The molecule has 3 rings (SSSR count). The lowest BCUT2D eigenvalue weighted by Crippen LogP contribution is -2.38. The molecule has 1 fully saturated rings. The predicted octanol–water partition coefficient (Wildman–Crippen LogP) is 4.03. The molecule has 0 bridgehead atoms. The molecule has 0 spiro atoms. The van der Waals surface area contributed by atoms with Crippen molar-refractivity contribution < 1.29 is 4.79 Å². The summed E-state index contributed by atoms with van der Waals surface area (Å²) < 4.78 is 1.99. The van der Waals surface area contributed by atoms with Crippen LogP contribution in [0.3, 0.4) is 0 Å². The van der Waals surface area contributed by atoms with Crippen molar-refractivity contribution in [3.8, 4) is 0 Å². The molecule has 4 nitrogen and oxygen atoms in total. The Morgan fingerprint density at radius 2 is 2.16 bits per heavy atom. The quantitative estimate of drug-likeness (QED) is 0.578. The maximum atomic E-state index is 13.0. The molecule has 1 aliphatic heterocycles. The number of hydrogen-bond acceptors (Lipinski definition) is 4. The van der Waals surface area contributed by atoms with Gasteiger partial charge in [0.05, 0.1) is 5.69 Å². The van der Waals surface area contributed by atoms with Gasteiger partial charge < -0.3 is 0 Å². The van der Waals surface area contributed by atoms with Crippen LogP contribution in [0.5, 0.6) is 0 Å². The van der Waals surface area contributed by atoms with E-state index in [1.807, 2.05) is 35.2 Å². The number of aryl methyl sites for hydroxylation is 2. The van der Waals surface area contributed by atoms with Gasteiger partial charge in [0.2, 0.25) is 0 Å². The average molecular weight is 358 g/mol. The van der Waals surface area contributed by atoms with Gasteiger partial charge in [-0.25, -0.2) is 0 Å². The van der Waals surface area contributed by atoms with Crippen LogP contribution in [0.25, 0.3) is 0 Å². The van der Waals surface area contributed by atoms with Crippen LogP contribution in [0.15, 0.2) is 35.4 Å². The van der Waals surface area contributed by atoms with Crippen LogP contribution in [0, 0.1) is 12.8 Å². The summed E-state index contributed by atoms with van der Waals surface area (Å²) in [6, 6.07) is 7.99. The molecule has 0 amide bonds. The number of rotatable bonds is 6. The van der Waals surface area contributed by atoms with Crippen LogP contribution < -0.4 is 0 Å². The highest BCUT2D eigenvalue weighted by atomic mass is 32.2. The van der Waals surface area contributed by atoms with Gasteiger partial charge in [0, 0.05) is 47.8 Å². The summed E-state index contributed by atoms with van der Waals surface area (Å²) in [4.78, 5) is 16.5. The van der Waals surface area contributed by atoms with Crippen molar-refractivity contribution in [3.05, 3.63) is 47.3 Å². The number of nitrogens with zero attached hydrogens (tertiary/aromatic N) is 3. The molecule has 1 aliphatic rings. The van der Waals surface area contributed by atoms with E-state index in [0.717, 1.165) is 55.2 Å². The van der Waals surface area contributed by atoms with Gasteiger partial charge in [-0.2, -0.15) is 5.10 Å². The highest BCUT2D eigenvalue weighted by molar-refractivity contribution is 7.98. The zero-order valence-electron chi connectivity index (χ0n) is 15.4. The highest BCUT2D eigenvalue weighted by Gasteiger charge is 2.28. The van der Waals surface area contributed by atoms with Crippen molar-refractivity contribution in [2.45, 2.75) is 44.7 Å². The first kappa shape index (κ1) is 18.2. The van der Waals surface area contributed by atoms with E-state index < -0.39 is 0 Å². The molecular formula is C20H27N3OS. The van der Waals surface area contributed by atoms with Crippen LogP contribution in [0.4, 0.5) is 0 Å². The maximum absolute atomic E-state index is 13.0. The van der Waals surface area contributed by atoms with E-state index in [4.69, 9.17) is 0 Å². The van der Waals surface area contributed by atoms with E-state index in [1.165, 1.54) is 5.56 Å².